The molecule has 4 rings (SSSR count). The molecular weight excluding hydrogens is 448 g/mol. The number of carboxylic acid groups (broad SMARTS) is 1. The Morgan fingerprint density at radius 3 is 2.26 bits per heavy atom. The first kappa shape index (κ1) is 24.0. The largest absolute Gasteiger partial charge is 0.476 e. The lowest BCUT2D eigenvalue weighted by atomic mass is 9.98. The van der Waals surface area contributed by atoms with Gasteiger partial charge >= 0.3 is 12.1 Å². The van der Waals surface area contributed by atoms with Crippen molar-refractivity contribution in [1.82, 2.24) is 15.1 Å². The molecule has 9 heteroatoms. The standard InChI is InChI=1S/C26H28N4O5/c1-4-15(2)22(24(31)28-21-13-27-30(3)23(21)25(32)33)29-26(34)35-14-20-18-11-7-5-9-16(18)17-10-6-8-12-19(17)20/h5-13,15,20,22H,4,14H2,1-3H3,(H,28,31)(H,29,34)(H,32,33). The SMILES string of the molecule is CCC(C)C(NC(=O)OCC1c2ccccc2-c2ccccc21)C(=O)Nc1cnn(C)c1C(=O)O. The van der Waals surface area contributed by atoms with E-state index < -0.39 is 24.0 Å². The first-order chi connectivity index (χ1) is 16.8. The van der Waals surface area contributed by atoms with Crippen molar-refractivity contribution in [3.8, 4) is 11.1 Å². The molecule has 3 N–H and O–H groups in total. The van der Waals surface area contributed by atoms with Crippen molar-refractivity contribution in [3.05, 3.63) is 71.5 Å². The fourth-order valence-corrected chi connectivity index (χ4v) is 4.46. The zero-order chi connectivity index (χ0) is 25.1. The van der Waals surface area contributed by atoms with E-state index in [1.807, 2.05) is 50.2 Å². The minimum atomic E-state index is -1.22. The first-order valence-corrected chi connectivity index (χ1v) is 11.5. The number of aromatic nitrogens is 2. The van der Waals surface area contributed by atoms with Gasteiger partial charge in [0, 0.05) is 13.0 Å². The van der Waals surface area contributed by atoms with Crippen LogP contribution in [0.2, 0.25) is 0 Å². The van der Waals surface area contributed by atoms with Crippen molar-refractivity contribution in [2.75, 3.05) is 11.9 Å². The molecule has 0 bridgehead atoms. The number of carbonyl (C=O) groups is 3. The number of fused-ring (bicyclic) bond motifs is 3. The summed E-state index contributed by atoms with van der Waals surface area (Å²) in [5.74, 6) is -2.08. The molecule has 35 heavy (non-hydrogen) atoms. The smallest absolute Gasteiger partial charge is 0.407 e. The fourth-order valence-electron chi connectivity index (χ4n) is 4.46. The summed E-state index contributed by atoms with van der Waals surface area (Å²) < 4.78 is 6.75. The maximum Gasteiger partial charge on any atom is 0.407 e. The van der Waals surface area contributed by atoms with Crippen molar-refractivity contribution >= 4 is 23.7 Å². The van der Waals surface area contributed by atoms with Crippen LogP contribution in [0, 0.1) is 5.92 Å². The molecule has 2 unspecified atom stereocenters. The Bertz CT molecular complexity index is 1220. The van der Waals surface area contributed by atoms with Crippen molar-refractivity contribution in [3.63, 3.8) is 0 Å². The minimum Gasteiger partial charge on any atom is -0.476 e. The average molecular weight is 477 g/mol. The minimum absolute atomic E-state index is 0.0626. The third-order valence-electron chi connectivity index (χ3n) is 6.51. The number of amides is 2. The molecule has 2 amide bonds. The summed E-state index contributed by atoms with van der Waals surface area (Å²) in [6, 6.07) is 15.2. The molecule has 0 saturated carbocycles. The van der Waals surface area contributed by atoms with Gasteiger partial charge in [-0.1, -0.05) is 68.8 Å². The Balaban J connectivity index is 1.45. The molecule has 182 valence electrons. The van der Waals surface area contributed by atoms with Crippen LogP contribution in [-0.2, 0) is 16.6 Å². The molecule has 0 spiro atoms. The Labute approximate surface area is 203 Å². The van der Waals surface area contributed by atoms with Crippen LogP contribution in [0.25, 0.3) is 11.1 Å². The summed E-state index contributed by atoms with van der Waals surface area (Å²) in [5, 5.41) is 18.5. The summed E-state index contributed by atoms with van der Waals surface area (Å²) >= 11 is 0. The Morgan fingerprint density at radius 2 is 1.69 bits per heavy atom. The fraction of sp³-hybridized carbons (Fsp3) is 0.308. The second-order valence-electron chi connectivity index (χ2n) is 8.66. The molecular formula is C26H28N4O5. The second kappa shape index (κ2) is 10.0. The maximum atomic E-state index is 13.0. The van der Waals surface area contributed by atoms with Crippen LogP contribution in [0.1, 0.15) is 47.8 Å². The zero-order valence-corrected chi connectivity index (χ0v) is 19.8. The second-order valence-corrected chi connectivity index (χ2v) is 8.66. The van der Waals surface area contributed by atoms with Crippen molar-refractivity contribution in [2.24, 2.45) is 13.0 Å². The predicted octanol–water partition coefficient (Wildman–Crippen LogP) is 4.01. The summed E-state index contributed by atoms with van der Waals surface area (Å²) in [7, 11) is 1.47. The molecule has 0 radical (unpaired) electrons. The van der Waals surface area contributed by atoms with E-state index in [-0.39, 0.29) is 29.8 Å². The monoisotopic (exact) mass is 476 g/mol. The van der Waals surface area contributed by atoms with Gasteiger partial charge in [0.25, 0.3) is 0 Å². The van der Waals surface area contributed by atoms with E-state index in [4.69, 9.17) is 4.74 Å². The number of rotatable bonds is 8. The molecule has 1 aliphatic rings. The number of aryl methyl sites for hydroxylation is 1. The van der Waals surface area contributed by atoms with Crippen molar-refractivity contribution < 1.29 is 24.2 Å². The van der Waals surface area contributed by atoms with Crippen LogP contribution >= 0.6 is 0 Å². The molecule has 1 aliphatic carbocycles. The van der Waals surface area contributed by atoms with E-state index in [9.17, 15) is 19.5 Å². The van der Waals surface area contributed by atoms with Crippen LogP contribution in [0.3, 0.4) is 0 Å². The number of ether oxygens (including phenoxy) is 1. The van der Waals surface area contributed by atoms with E-state index in [1.54, 1.807) is 0 Å². The number of alkyl carbamates (subject to hydrolysis) is 1. The van der Waals surface area contributed by atoms with Gasteiger partial charge in [0.1, 0.15) is 12.6 Å². The van der Waals surface area contributed by atoms with Crippen LogP contribution in [0.4, 0.5) is 10.5 Å². The van der Waals surface area contributed by atoms with Crippen LogP contribution in [0.15, 0.2) is 54.7 Å². The molecule has 0 fully saturated rings. The number of hydrogen-bond donors (Lipinski definition) is 3. The number of anilines is 1. The topological polar surface area (TPSA) is 123 Å². The highest BCUT2D eigenvalue weighted by Gasteiger charge is 2.31. The maximum absolute atomic E-state index is 13.0. The quantitative estimate of drug-likeness (QED) is 0.452. The highest BCUT2D eigenvalue weighted by atomic mass is 16.5. The lowest BCUT2D eigenvalue weighted by Crippen LogP contribution is -2.48. The predicted molar refractivity (Wildman–Crippen MR) is 130 cm³/mol. The lowest BCUT2D eigenvalue weighted by Gasteiger charge is -2.23. The summed E-state index contributed by atoms with van der Waals surface area (Å²) in [6.45, 7) is 3.85. The number of carboxylic acids is 1. The number of benzene rings is 2. The van der Waals surface area contributed by atoms with E-state index in [1.165, 1.54) is 13.2 Å². The molecule has 0 saturated heterocycles. The molecule has 1 heterocycles. The third-order valence-corrected chi connectivity index (χ3v) is 6.51. The van der Waals surface area contributed by atoms with Gasteiger partial charge in [-0.2, -0.15) is 5.10 Å². The number of aromatic carboxylic acids is 1. The van der Waals surface area contributed by atoms with E-state index in [0.717, 1.165) is 26.9 Å². The van der Waals surface area contributed by atoms with Crippen LogP contribution < -0.4 is 10.6 Å². The Kier molecular flexibility index (Phi) is 6.86. The number of nitrogens with zero attached hydrogens (tertiary/aromatic N) is 2. The van der Waals surface area contributed by atoms with Gasteiger partial charge in [0.05, 0.1) is 11.9 Å². The third kappa shape index (κ3) is 4.75. The first-order valence-electron chi connectivity index (χ1n) is 11.5. The zero-order valence-electron chi connectivity index (χ0n) is 19.8. The van der Waals surface area contributed by atoms with Gasteiger partial charge in [-0.25, -0.2) is 9.59 Å². The molecule has 9 nitrogen and oxygen atoms in total. The molecule has 0 aliphatic heterocycles. The summed E-state index contributed by atoms with van der Waals surface area (Å²) in [5.41, 5.74) is 4.35. The highest BCUT2D eigenvalue weighted by molar-refractivity contribution is 6.02. The molecule has 2 atom stereocenters. The van der Waals surface area contributed by atoms with Gasteiger partial charge in [-0.15, -0.1) is 0 Å². The van der Waals surface area contributed by atoms with E-state index in [0.29, 0.717) is 6.42 Å². The average Bonchev–Trinajstić information content (AvgIpc) is 3.38. The number of nitrogens with one attached hydrogen (secondary N) is 2. The van der Waals surface area contributed by atoms with Gasteiger partial charge in [-0.05, 0) is 28.2 Å². The highest BCUT2D eigenvalue weighted by Crippen LogP contribution is 2.44. The van der Waals surface area contributed by atoms with Crippen LogP contribution in [-0.4, -0.2) is 45.5 Å². The van der Waals surface area contributed by atoms with Crippen molar-refractivity contribution in [1.29, 1.82) is 0 Å². The van der Waals surface area contributed by atoms with Gasteiger partial charge in [0.15, 0.2) is 5.69 Å². The summed E-state index contributed by atoms with van der Waals surface area (Å²) in [4.78, 5) is 37.3. The van der Waals surface area contributed by atoms with E-state index >= 15 is 0 Å². The Morgan fingerprint density at radius 1 is 1.09 bits per heavy atom. The van der Waals surface area contributed by atoms with Gasteiger partial charge in [0.2, 0.25) is 5.91 Å². The molecule has 2 aromatic carbocycles. The van der Waals surface area contributed by atoms with Crippen molar-refractivity contribution in [2.45, 2.75) is 32.2 Å². The van der Waals surface area contributed by atoms with Gasteiger partial charge < -0.3 is 20.5 Å². The van der Waals surface area contributed by atoms with Gasteiger partial charge in [-0.3, -0.25) is 9.48 Å². The van der Waals surface area contributed by atoms with Crippen LogP contribution in [0.5, 0.6) is 0 Å². The Hall–Kier alpha value is -4.14. The molecule has 3 aromatic rings. The lowest BCUT2D eigenvalue weighted by molar-refractivity contribution is -0.119. The number of carbonyl (C=O) groups excluding carboxylic acids is 2. The number of hydrogen-bond acceptors (Lipinski definition) is 5. The molecule has 1 aromatic heterocycles. The normalized spacial score (nSPS) is 13.9. The summed E-state index contributed by atoms with van der Waals surface area (Å²) in [6.07, 6.45) is 1.17. The van der Waals surface area contributed by atoms with E-state index in [2.05, 4.69) is 27.9 Å².